The summed E-state index contributed by atoms with van der Waals surface area (Å²) in [4.78, 5) is 17.5. The van der Waals surface area contributed by atoms with E-state index in [1.165, 1.54) is 12.0 Å². The SMILES string of the molecule is COCc1n[nH]c(CNC(=O)N2CCC(F)(F)CC2C)n1. The number of alkyl halides is 2. The number of aromatic amines is 1. The molecule has 2 N–H and O–H groups in total. The fraction of sp³-hybridized carbons (Fsp3) is 0.750. The van der Waals surface area contributed by atoms with Crippen molar-refractivity contribution in [1.29, 1.82) is 0 Å². The first-order valence-corrected chi connectivity index (χ1v) is 6.72. The summed E-state index contributed by atoms with van der Waals surface area (Å²) in [6, 6.07) is -0.866. The van der Waals surface area contributed by atoms with E-state index in [1.54, 1.807) is 6.92 Å². The van der Waals surface area contributed by atoms with Gasteiger partial charge >= 0.3 is 6.03 Å². The van der Waals surface area contributed by atoms with Gasteiger partial charge in [0.1, 0.15) is 12.4 Å². The minimum Gasteiger partial charge on any atom is -0.377 e. The monoisotopic (exact) mass is 303 g/mol. The van der Waals surface area contributed by atoms with E-state index in [2.05, 4.69) is 20.5 Å². The van der Waals surface area contributed by atoms with E-state index in [-0.39, 0.29) is 38.6 Å². The van der Waals surface area contributed by atoms with Gasteiger partial charge in [0.15, 0.2) is 5.82 Å². The molecule has 1 atom stereocenters. The van der Waals surface area contributed by atoms with Crippen LogP contribution in [0, 0.1) is 0 Å². The van der Waals surface area contributed by atoms with Crippen LogP contribution in [-0.2, 0) is 17.9 Å². The summed E-state index contributed by atoms with van der Waals surface area (Å²) in [6.45, 7) is 2.11. The number of nitrogens with zero attached hydrogens (tertiary/aromatic N) is 3. The van der Waals surface area contributed by atoms with Crippen LogP contribution in [0.3, 0.4) is 0 Å². The van der Waals surface area contributed by atoms with Gasteiger partial charge in [0, 0.05) is 32.5 Å². The van der Waals surface area contributed by atoms with Gasteiger partial charge in [-0.3, -0.25) is 5.10 Å². The van der Waals surface area contributed by atoms with Crippen LogP contribution in [0.2, 0.25) is 0 Å². The quantitative estimate of drug-likeness (QED) is 0.877. The zero-order valence-corrected chi connectivity index (χ0v) is 12.0. The van der Waals surface area contributed by atoms with Crippen LogP contribution in [0.25, 0.3) is 0 Å². The fourth-order valence-electron chi connectivity index (χ4n) is 2.32. The number of aromatic nitrogens is 3. The lowest BCUT2D eigenvalue weighted by molar-refractivity contribution is -0.0639. The van der Waals surface area contributed by atoms with E-state index in [4.69, 9.17) is 4.74 Å². The van der Waals surface area contributed by atoms with Crippen LogP contribution in [-0.4, -0.2) is 51.7 Å². The lowest BCUT2D eigenvalue weighted by Gasteiger charge is -2.37. The van der Waals surface area contributed by atoms with Crippen molar-refractivity contribution in [2.75, 3.05) is 13.7 Å². The molecule has 1 fully saturated rings. The van der Waals surface area contributed by atoms with E-state index in [0.717, 1.165) is 0 Å². The van der Waals surface area contributed by atoms with Crippen molar-refractivity contribution in [1.82, 2.24) is 25.4 Å². The van der Waals surface area contributed by atoms with Gasteiger partial charge in [-0.05, 0) is 6.92 Å². The number of carbonyl (C=O) groups is 1. The van der Waals surface area contributed by atoms with Gasteiger partial charge in [-0.1, -0.05) is 0 Å². The summed E-state index contributed by atoms with van der Waals surface area (Å²) < 4.78 is 31.3. The summed E-state index contributed by atoms with van der Waals surface area (Å²) in [6.07, 6.45) is -0.605. The smallest absolute Gasteiger partial charge is 0.318 e. The Morgan fingerprint density at radius 2 is 2.38 bits per heavy atom. The third kappa shape index (κ3) is 4.10. The normalized spacial score (nSPS) is 21.3. The molecule has 9 heteroatoms. The highest BCUT2D eigenvalue weighted by molar-refractivity contribution is 5.74. The van der Waals surface area contributed by atoms with E-state index in [9.17, 15) is 13.6 Å². The number of methoxy groups -OCH3 is 1. The van der Waals surface area contributed by atoms with Crippen LogP contribution in [0.5, 0.6) is 0 Å². The molecule has 1 aromatic heterocycles. The van der Waals surface area contributed by atoms with Crippen LogP contribution in [0.4, 0.5) is 13.6 Å². The maximum atomic E-state index is 13.2. The zero-order valence-electron chi connectivity index (χ0n) is 12.0. The molecule has 7 nitrogen and oxygen atoms in total. The number of halogens is 2. The average molecular weight is 303 g/mol. The molecule has 0 bridgehead atoms. The Morgan fingerprint density at radius 3 is 3.05 bits per heavy atom. The highest BCUT2D eigenvalue weighted by Gasteiger charge is 2.39. The molecule has 1 saturated heterocycles. The third-order valence-corrected chi connectivity index (χ3v) is 3.36. The van der Waals surface area contributed by atoms with Crippen LogP contribution in [0.1, 0.15) is 31.4 Å². The molecule has 118 valence electrons. The first-order chi connectivity index (χ1) is 9.91. The van der Waals surface area contributed by atoms with Crippen molar-refractivity contribution in [2.45, 2.75) is 44.9 Å². The lowest BCUT2D eigenvalue weighted by atomic mass is 10.0. The number of nitrogens with one attached hydrogen (secondary N) is 2. The van der Waals surface area contributed by atoms with Gasteiger partial charge in [-0.25, -0.2) is 18.6 Å². The van der Waals surface area contributed by atoms with E-state index in [0.29, 0.717) is 11.6 Å². The Labute approximate surface area is 121 Å². The molecule has 21 heavy (non-hydrogen) atoms. The molecule has 2 amide bonds. The minimum atomic E-state index is -2.68. The zero-order chi connectivity index (χ0) is 15.5. The molecule has 0 aliphatic carbocycles. The summed E-state index contributed by atoms with van der Waals surface area (Å²) in [7, 11) is 1.53. The summed E-state index contributed by atoms with van der Waals surface area (Å²) >= 11 is 0. The summed E-state index contributed by atoms with van der Waals surface area (Å²) in [5, 5.41) is 9.23. The third-order valence-electron chi connectivity index (χ3n) is 3.36. The Balaban J connectivity index is 1.84. The fourth-order valence-corrected chi connectivity index (χ4v) is 2.32. The number of rotatable bonds is 4. The second kappa shape index (κ2) is 6.33. The van der Waals surface area contributed by atoms with Gasteiger partial charge in [0.2, 0.25) is 0 Å². The van der Waals surface area contributed by atoms with Gasteiger partial charge < -0.3 is 15.0 Å². The van der Waals surface area contributed by atoms with Crippen LogP contribution >= 0.6 is 0 Å². The van der Waals surface area contributed by atoms with Crippen LogP contribution in [0.15, 0.2) is 0 Å². The Bertz CT molecular complexity index is 494. The number of H-pyrrole nitrogens is 1. The molecule has 1 aromatic rings. The summed E-state index contributed by atoms with van der Waals surface area (Å²) in [5.74, 6) is -1.70. The van der Waals surface area contributed by atoms with Crippen molar-refractivity contribution in [3.05, 3.63) is 11.6 Å². The first-order valence-electron chi connectivity index (χ1n) is 6.72. The number of likely N-dealkylation sites (tertiary alicyclic amines) is 1. The Kier molecular flexibility index (Phi) is 4.71. The number of carbonyl (C=O) groups excluding carboxylic acids is 1. The highest BCUT2D eigenvalue weighted by atomic mass is 19.3. The largest absolute Gasteiger partial charge is 0.377 e. The number of amides is 2. The second-order valence-corrected chi connectivity index (χ2v) is 5.14. The number of hydrogen-bond acceptors (Lipinski definition) is 4. The van der Waals surface area contributed by atoms with Crippen molar-refractivity contribution in [2.24, 2.45) is 0 Å². The number of urea groups is 1. The molecule has 2 heterocycles. The van der Waals surface area contributed by atoms with E-state index in [1.807, 2.05) is 0 Å². The van der Waals surface area contributed by atoms with E-state index < -0.39 is 12.0 Å². The molecule has 1 unspecified atom stereocenters. The molecule has 0 aromatic carbocycles. The van der Waals surface area contributed by atoms with Crippen molar-refractivity contribution >= 4 is 6.03 Å². The molecule has 1 aliphatic heterocycles. The van der Waals surface area contributed by atoms with Crippen molar-refractivity contribution in [3.8, 4) is 0 Å². The standard InChI is InChI=1S/C12H19F2N5O2/c1-8-5-12(13,14)3-4-19(8)11(20)15-6-9-16-10(7-21-2)18-17-9/h8H,3-7H2,1-2H3,(H,15,20)(H,16,17,18). The highest BCUT2D eigenvalue weighted by Crippen LogP contribution is 2.31. The van der Waals surface area contributed by atoms with Gasteiger partial charge in [-0.15, -0.1) is 0 Å². The number of hydrogen-bond donors (Lipinski definition) is 2. The molecule has 1 aliphatic rings. The molecule has 0 saturated carbocycles. The molecular weight excluding hydrogens is 284 g/mol. The van der Waals surface area contributed by atoms with Gasteiger partial charge in [0.05, 0.1) is 6.54 Å². The Morgan fingerprint density at radius 1 is 1.62 bits per heavy atom. The summed E-state index contributed by atoms with van der Waals surface area (Å²) in [5.41, 5.74) is 0. The van der Waals surface area contributed by atoms with E-state index >= 15 is 0 Å². The second-order valence-electron chi connectivity index (χ2n) is 5.14. The topological polar surface area (TPSA) is 83.1 Å². The van der Waals surface area contributed by atoms with Crippen LogP contribution < -0.4 is 5.32 Å². The minimum absolute atomic E-state index is 0.0470. The molecule has 2 rings (SSSR count). The predicted octanol–water partition coefficient (Wildman–Crippen LogP) is 1.28. The molecule has 0 spiro atoms. The number of ether oxygens (including phenoxy) is 1. The van der Waals surface area contributed by atoms with Crippen molar-refractivity contribution in [3.63, 3.8) is 0 Å². The van der Waals surface area contributed by atoms with Gasteiger partial charge in [-0.2, -0.15) is 5.10 Å². The maximum Gasteiger partial charge on any atom is 0.318 e. The first kappa shape index (κ1) is 15.6. The molecular formula is C12H19F2N5O2. The predicted molar refractivity (Wildman–Crippen MR) is 69.7 cm³/mol. The van der Waals surface area contributed by atoms with Crippen molar-refractivity contribution < 1.29 is 18.3 Å². The lowest BCUT2D eigenvalue weighted by Crippen LogP contribution is -2.51. The van der Waals surface area contributed by atoms with Gasteiger partial charge in [0.25, 0.3) is 5.92 Å². The average Bonchev–Trinajstić information content (AvgIpc) is 2.83. The number of piperidine rings is 1. The maximum absolute atomic E-state index is 13.2. The molecule has 0 radical (unpaired) electrons. The Hall–Kier alpha value is -1.77.